The third kappa shape index (κ3) is 4.88. The Kier molecular flexibility index (Phi) is 6.71. The van der Waals surface area contributed by atoms with Gasteiger partial charge in [0, 0.05) is 44.3 Å². The van der Waals surface area contributed by atoms with Crippen LogP contribution in [0.5, 0.6) is 0 Å². The van der Waals surface area contributed by atoms with Crippen LogP contribution < -0.4 is 10.2 Å². The number of thioether (sulfide) groups is 1. The fraction of sp³-hybridized carbons (Fsp3) is 0.864. The van der Waals surface area contributed by atoms with E-state index < -0.39 is 0 Å². The Bertz CT molecular complexity index is 749. The molecule has 2 aliphatic heterocycles. The molecule has 0 spiro atoms. The minimum absolute atomic E-state index is 0.108. The summed E-state index contributed by atoms with van der Waals surface area (Å²) in [4.78, 5) is 17.7. The van der Waals surface area contributed by atoms with Crippen LogP contribution >= 0.6 is 11.8 Å². The van der Waals surface area contributed by atoms with Gasteiger partial charge in [0.05, 0.1) is 19.0 Å². The molecule has 172 valence electrons. The van der Waals surface area contributed by atoms with Crippen molar-refractivity contribution in [1.82, 2.24) is 25.0 Å². The molecule has 0 radical (unpaired) electrons. The maximum atomic E-state index is 12.8. The van der Waals surface area contributed by atoms with Crippen LogP contribution in [0.3, 0.4) is 0 Å². The van der Waals surface area contributed by atoms with Crippen LogP contribution in [0.25, 0.3) is 0 Å². The molecule has 2 aliphatic carbocycles. The van der Waals surface area contributed by atoms with E-state index in [0.717, 1.165) is 57.0 Å². The molecule has 1 aromatic rings. The average molecular weight is 449 g/mol. The Labute approximate surface area is 189 Å². The van der Waals surface area contributed by atoms with Gasteiger partial charge in [-0.3, -0.25) is 14.3 Å². The van der Waals surface area contributed by atoms with E-state index >= 15 is 0 Å². The number of carbonyl (C=O) groups excluding carboxylic acids is 1. The van der Waals surface area contributed by atoms with Gasteiger partial charge in [-0.05, 0) is 38.5 Å². The first-order valence-electron chi connectivity index (χ1n) is 12.2. The molecule has 1 amide bonds. The molecule has 0 aromatic carbocycles. The zero-order valence-electron chi connectivity index (χ0n) is 18.6. The van der Waals surface area contributed by atoms with E-state index in [1.54, 1.807) is 11.8 Å². The van der Waals surface area contributed by atoms with E-state index in [2.05, 4.69) is 29.9 Å². The van der Waals surface area contributed by atoms with Crippen LogP contribution in [0.15, 0.2) is 5.16 Å². The summed E-state index contributed by atoms with van der Waals surface area (Å²) in [5.41, 5.74) is 0.110. The smallest absolute Gasteiger partial charge is 0.230 e. The molecular formula is C22H36N6O2S. The van der Waals surface area contributed by atoms with Gasteiger partial charge in [-0.2, -0.15) is 0 Å². The van der Waals surface area contributed by atoms with Crippen molar-refractivity contribution in [3.8, 4) is 0 Å². The summed E-state index contributed by atoms with van der Waals surface area (Å²) in [5.74, 6) is 1.52. The highest BCUT2D eigenvalue weighted by atomic mass is 32.2. The van der Waals surface area contributed by atoms with Gasteiger partial charge in [0.25, 0.3) is 0 Å². The SMILES string of the molecule is O=C(CSc1nnc(N2CCCC2)n1C1CC1)NCC1(N2CCOCC2)CCCCC1. The van der Waals surface area contributed by atoms with Gasteiger partial charge >= 0.3 is 0 Å². The highest BCUT2D eigenvalue weighted by Crippen LogP contribution is 2.41. The number of nitrogens with zero attached hydrogens (tertiary/aromatic N) is 5. The van der Waals surface area contributed by atoms with E-state index in [-0.39, 0.29) is 11.4 Å². The standard InChI is InChI=1S/C22H36N6O2S/c29-19(23-17-22(8-2-1-3-9-22)27-12-14-30-15-13-27)16-31-21-25-24-20(26-10-4-5-11-26)28(21)18-6-7-18/h18H,1-17H2,(H,23,29). The van der Waals surface area contributed by atoms with E-state index in [1.807, 2.05) is 0 Å². The molecular weight excluding hydrogens is 412 g/mol. The van der Waals surface area contributed by atoms with Gasteiger partial charge in [0.15, 0.2) is 5.16 Å². The maximum Gasteiger partial charge on any atom is 0.230 e. The van der Waals surface area contributed by atoms with E-state index in [1.165, 1.54) is 57.8 Å². The quantitative estimate of drug-likeness (QED) is 0.612. The number of carbonyl (C=O) groups is 1. The van der Waals surface area contributed by atoms with Crippen LogP contribution in [0.4, 0.5) is 5.95 Å². The average Bonchev–Trinajstić information content (AvgIpc) is 3.33. The fourth-order valence-electron chi connectivity index (χ4n) is 5.45. The predicted molar refractivity (Wildman–Crippen MR) is 122 cm³/mol. The maximum absolute atomic E-state index is 12.8. The van der Waals surface area contributed by atoms with Gasteiger partial charge in [0.1, 0.15) is 0 Å². The van der Waals surface area contributed by atoms with Crippen LogP contribution in [0.1, 0.15) is 63.8 Å². The van der Waals surface area contributed by atoms with Crippen molar-refractivity contribution in [3.05, 3.63) is 0 Å². The monoisotopic (exact) mass is 448 g/mol. The molecule has 1 N–H and O–H groups in total. The first-order valence-corrected chi connectivity index (χ1v) is 13.2. The molecule has 2 saturated heterocycles. The van der Waals surface area contributed by atoms with Crippen LogP contribution in [0.2, 0.25) is 0 Å². The number of aromatic nitrogens is 3. The number of hydrogen-bond acceptors (Lipinski definition) is 7. The van der Waals surface area contributed by atoms with Crippen LogP contribution in [-0.4, -0.2) is 82.8 Å². The number of morpholine rings is 1. The van der Waals surface area contributed by atoms with E-state index in [9.17, 15) is 4.79 Å². The lowest BCUT2D eigenvalue weighted by molar-refractivity contribution is -0.119. The molecule has 31 heavy (non-hydrogen) atoms. The van der Waals surface area contributed by atoms with Crippen molar-refractivity contribution in [3.63, 3.8) is 0 Å². The first kappa shape index (κ1) is 21.5. The first-order chi connectivity index (χ1) is 15.3. The Morgan fingerprint density at radius 1 is 1.03 bits per heavy atom. The Morgan fingerprint density at radius 3 is 2.48 bits per heavy atom. The summed E-state index contributed by atoms with van der Waals surface area (Å²) in [6.07, 6.45) is 11.0. The van der Waals surface area contributed by atoms with Gasteiger partial charge in [-0.15, -0.1) is 10.2 Å². The highest BCUT2D eigenvalue weighted by molar-refractivity contribution is 7.99. The Balaban J connectivity index is 1.18. The van der Waals surface area contributed by atoms with Crippen molar-refractivity contribution in [1.29, 1.82) is 0 Å². The van der Waals surface area contributed by atoms with Crippen molar-refractivity contribution in [2.45, 2.75) is 74.5 Å². The molecule has 2 saturated carbocycles. The van der Waals surface area contributed by atoms with Gasteiger partial charge in [-0.25, -0.2) is 0 Å². The molecule has 4 aliphatic rings. The number of amides is 1. The summed E-state index contributed by atoms with van der Waals surface area (Å²) in [5, 5.41) is 13.1. The Hall–Kier alpha value is -1.32. The molecule has 4 fully saturated rings. The largest absolute Gasteiger partial charge is 0.379 e. The second-order valence-corrected chi connectivity index (χ2v) is 10.5. The zero-order chi connectivity index (χ0) is 21.1. The third-order valence-electron chi connectivity index (χ3n) is 7.36. The summed E-state index contributed by atoms with van der Waals surface area (Å²) >= 11 is 1.54. The topological polar surface area (TPSA) is 75.5 Å². The lowest BCUT2D eigenvalue weighted by Crippen LogP contribution is -2.59. The third-order valence-corrected chi connectivity index (χ3v) is 8.30. The number of rotatable bonds is 8. The highest BCUT2D eigenvalue weighted by Gasteiger charge is 2.39. The fourth-order valence-corrected chi connectivity index (χ4v) is 6.28. The molecule has 3 heterocycles. The minimum atomic E-state index is 0.108. The van der Waals surface area contributed by atoms with E-state index in [4.69, 9.17) is 4.74 Å². The zero-order valence-corrected chi connectivity index (χ0v) is 19.4. The van der Waals surface area contributed by atoms with Gasteiger partial charge in [0.2, 0.25) is 11.9 Å². The molecule has 5 rings (SSSR count). The minimum Gasteiger partial charge on any atom is -0.379 e. The van der Waals surface area contributed by atoms with Crippen molar-refractivity contribution in [2.24, 2.45) is 0 Å². The molecule has 0 bridgehead atoms. The molecule has 0 unspecified atom stereocenters. The predicted octanol–water partition coefficient (Wildman–Crippen LogP) is 2.46. The second-order valence-electron chi connectivity index (χ2n) is 9.53. The van der Waals surface area contributed by atoms with Gasteiger partial charge < -0.3 is 15.0 Å². The van der Waals surface area contributed by atoms with Crippen LogP contribution in [-0.2, 0) is 9.53 Å². The number of hydrogen-bond donors (Lipinski definition) is 1. The summed E-state index contributed by atoms with van der Waals surface area (Å²) in [6.45, 7) is 6.46. The molecule has 8 nitrogen and oxygen atoms in total. The summed E-state index contributed by atoms with van der Waals surface area (Å²) in [7, 11) is 0. The Morgan fingerprint density at radius 2 is 1.77 bits per heavy atom. The lowest BCUT2D eigenvalue weighted by atomic mass is 9.79. The number of ether oxygens (including phenoxy) is 1. The van der Waals surface area contributed by atoms with Crippen molar-refractivity contribution >= 4 is 23.6 Å². The second kappa shape index (κ2) is 9.67. The lowest BCUT2D eigenvalue weighted by Gasteiger charge is -2.48. The molecule has 0 atom stereocenters. The van der Waals surface area contributed by atoms with Crippen molar-refractivity contribution < 1.29 is 9.53 Å². The number of nitrogens with one attached hydrogen (secondary N) is 1. The summed E-state index contributed by atoms with van der Waals surface area (Å²) in [6, 6.07) is 0.517. The molecule has 1 aromatic heterocycles. The number of anilines is 1. The van der Waals surface area contributed by atoms with E-state index in [0.29, 0.717) is 11.8 Å². The van der Waals surface area contributed by atoms with Crippen LogP contribution in [0, 0.1) is 0 Å². The van der Waals surface area contributed by atoms with Crippen molar-refractivity contribution in [2.75, 3.05) is 56.6 Å². The van der Waals surface area contributed by atoms with Gasteiger partial charge in [-0.1, -0.05) is 31.0 Å². The molecule has 9 heteroatoms. The summed E-state index contributed by atoms with van der Waals surface area (Å²) < 4.78 is 7.86. The normalized spacial score (nSPS) is 24.5.